The Morgan fingerprint density at radius 1 is 1.22 bits per heavy atom. The zero-order valence-electron chi connectivity index (χ0n) is 11.0. The summed E-state index contributed by atoms with van der Waals surface area (Å²) in [5.74, 6) is 0.753. The quantitative estimate of drug-likeness (QED) is 0.713. The second kappa shape index (κ2) is 3.77. The van der Waals surface area contributed by atoms with Crippen LogP contribution in [0.5, 0.6) is 0 Å². The predicted octanol–water partition coefficient (Wildman–Crippen LogP) is 2.03. The van der Waals surface area contributed by atoms with Gasteiger partial charge < -0.3 is 5.11 Å². The number of ketones is 2. The summed E-state index contributed by atoms with van der Waals surface area (Å²) >= 11 is 0. The van der Waals surface area contributed by atoms with Gasteiger partial charge in [0.2, 0.25) is 0 Å². The summed E-state index contributed by atoms with van der Waals surface area (Å²) in [4.78, 5) is 24.3. The van der Waals surface area contributed by atoms with Crippen LogP contribution < -0.4 is 0 Å². The van der Waals surface area contributed by atoms with Crippen molar-refractivity contribution in [3.8, 4) is 0 Å². The van der Waals surface area contributed by atoms with E-state index in [0.29, 0.717) is 19.3 Å². The lowest BCUT2D eigenvalue weighted by atomic mass is 9.60. The number of hydrogen-bond donors (Lipinski definition) is 1. The van der Waals surface area contributed by atoms with Crippen LogP contribution in [-0.4, -0.2) is 22.8 Å². The van der Waals surface area contributed by atoms with Gasteiger partial charge in [-0.05, 0) is 30.8 Å². The third kappa shape index (κ3) is 1.40. The Kier molecular flexibility index (Phi) is 2.53. The van der Waals surface area contributed by atoms with Gasteiger partial charge in [-0.25, -0.2) is 0 Å². The average molecular weight is 248 g/mol. The fraction of sp³-hybridized carbons (Fsp3) is 0.733. The van der Waals surface area contributed by atoms with Crippen molar-refractivity contribution in [3.63, 3.8) is 0 Å². The van der Waals surface area contributed by atoms with Gasteiger partial charge in [-0.2, -0.15) is 0 Å². The van der Waals surface area contributed by atoms with Crippen molar-refractivity contribution in [3.05, 3.63) is 11.1 Å². The van der Waals surface area contributed by atoms with E-state index in [-0.39, 0.29) is 23.4 Å². The summed E-state index contributed by atoms with van der Waals surface area (Å²) in [6.45, 7) is 4.02. The van der Waals surface area contributed by atoms with Gasteiger partial charge in [-0.1, -0.05) is 13.8 Å². The molecule has 3 heteroatoms. The summed E-state index contributed by atoms with van der Waals surface area (Å²) < 4.78 is 0. The van der Waals surface area contributed by atoms with E-state index in [2.05, 4.69) is 6.92 Å². The van der Waals surface area contributed by atoms with Crippen LogP contribution in [0, 0.1) is 17.3 Å². The number of carbonyl (C=O) groups excluding carboxylic acids is 2. The largest absolute Gasteiger partial charge is 0.389 e. The van der Waals surface area contributed by atoms with Gasteiger partial charge in [0.15, 0.2) is 5.78 Å². The first kappa shape index (κ1) is 12.1. The van der Waals surface area contributed by atoms with Crippen LogP contribution in [0.25, 0.3) is 0 Å². The van der Waals surface area contributed by atoms with E-state index in [0.717, 1.165) is 24.0 Å². The maximum absolute atomic E-state index is 12.2. The van der Waals surface area contributed by atoms with Crippen molar-refractivity contribution < 1.29 is 14.7 Å². The van der Waals surface area contributed by atoms with E-state index in [1.54, 1.807) is 0 Å². The molecule has 3 nitrogen and oxygen atoms in total. The van der Waals surface area contributed by atoms with Gasteiger partial charge in [-0.15, -0.1) is 0 Å². The Balaban J connectivity index is 2.15. The van der Waals surface area contributed by atoms with E-state index >= 15 is 0 Å². The van der Waals surface area contributed by atoms with Crippen LogP contribution in [0.1, 0.15) is 46.0 Å². The maximum atomic E-state index is 12.2. The van der Waals surface area contributed by atoms with Gasteiger partial charge in [0.25, 0.3) is 0 Å². The monoisotopic (exact) mass is 248 g/mol. The molecular formula is C15H20O3. The molecule has 18 heavy (non-hydrogen) atoms. The fourth-order valence-corrected chi connectivity index (χ4v) is 4.27. The van der Waals surface area contributed by atoms with Gasteiger partial charge in [0.1, 0.15) is 5.78 Å². The van der Waals surface area contributed by atoms with Gasteiger partial charge in [-0.3, -0.25) is 9.59 Å². The summed E-state index contributed by atoms with van der Waals surface area (Å²) in [6, 6.07) is 0. The van der Waals surface area contributed by atoms with Crippen molar-refractivity contribution >= 4 is 11.6 Å². The predicted molar refractivity (Wildman–Crippen MR) is 66.9 cm³/mol. The molecule has 0 aliphatic heterocycles. The Labute approximate surface area is 107 Å². The van der Waals surface area contributed by atoms with E-state index in [1.165, 1.54) is 0 Å². The molecule has 3 aliphatic rings. The number of aliphatic hydroxyl groups excluding tert-OH is 1. The third-order valence-electron chi connectivity index (χ3n) is 5.34. The van der Waals surface area contributed by atoms with Crippen molar-refractivity contribution in [2.75, 3.05) is 0 Å². The number of carbonyl (C=O) groups is 2. The molecule has 0 unspecified atom stereocenters. The molecule has 98 valence electrons. The van der Waals surface area contributed by atoms with Crippen LogP contribution in [0.15, 0.2) is 11.1 Å². The first-order chi connectivity index (χ1) is 8.45. The van der Waals surface area contributed by atoms with Crippen LogP contribution in [-0.2, 0) is 9.59 Å². The normalized spacial score (nSPS) is 44.1. The number of fused-ring (bicyclic) bond motifs is 2. The zero-order chi connectivity index (χ0) is 13.1. The Hall–Kier alpha value is -0.960. The summed E-state index contributed by atoms with van der Waals surface area (Å²) in [5, 5.41) is 10.4. The van der Waals surface area contributed by atoms with Crippen LogP contribution in [0.4, 0.5) is 0 Å². The van der Waals surface area contributed by atoms with Crippen molar-refractivity contribution in [2.24, 2.45) is 17.3 Å². The molecule has 1 fully saturated rings. The molecule has 0 aromatic rings. The van der Waals surface area contributed by atoms with Crippen molar-refractivity contribution in [2.45, 2.75) is 52.1 Å². The van der Waals surface area contributed by atoms with Crippen LogP contribution in [0.3, 0.4) is 0 Å². The highest BCUT2D eigenvalue weighted by Gasteiger charge is 2.54. The minimum absolute atomic E-state index is 0.0682. The van der Waals surface area contributed by atoms with E-state index in [4.69, 9.17) is 0 Å². The molecule has 0 heterocycles. The number of Topliss-reactive ketones (excluding diaryl/α,β-unsaturated/α-hetero) is 2. The lowest BCUT2D eigenvalue weighted by Gasteiger charge is -2.43. The number of aliphatic hydroxyl groups is 1. The lowest BCUT2D eigenvalue weighted by molar-refractivity contribution is -0.128. The van der Waals surface area contributed by atoms with Crippen LogP contribution in [0.2, 0.25) is 0 Å². The fourth-order valence-electron chi connectivity index (χ4n) is 4.27. The van der Waals surface area contributed by atoms with Gasteiger partial charge >= 0.3 is 0 Å². The van der Waals surface area contributed by atoms with E-state index < -0.39 is 11.5 Å². The maximum Gasteiger partial charge on any atom is 0.159 e. The lowest BCUT2D eigenvalue weighted by Crippen LogP contribution is -2.44. The summed E-state index contributed by atoms with van der Waals surface area (Å²) in [5.41, 5.74) is 1.27. The Bertz CT molecular complexity index is 462. The summed E-state index contributed by atoms with van der Waals surface area (Å²) in [7, 11) is 0. The SMILES string of the molecule is C[C@@H]1CCC(=O)C2=C1[C@@H](O)C[C@]1(C)C(=O)CC[C@@H]21. The molecule has 0 aromatic heterocycles. The first-order valence-corrected chi connectivity index (χ1v) is 6.93. The number of rotatable bonds is 0. The van der Waals surface area contributed by atoms with Crippen LogP contribution >= 0.6 is 0 Å². The smallest absolute Gasteiger partial charge is 0.159 e. The highest BCUT2D eigenvalue weighted by atomic mass is 16.3. The van der Waals surface area contributed by atoms with Gasteiger partial charge in [0.05, 0.1) is 6.10 Å². The zero-order valence-corrected chi connectivity index (χ0v) is 11.0. The first-order valence-electron chi connectivity index (χ1n) is 6.93. The van der Waals surface area contributed by atoms with E-state index in [1.807, 2.05) is 6.92 Å². The molecule has 1 saturated carbocycles. The topological polar surface area (TPSA) is 54.4 Å². The summed E-state index contributed by atoms with van der Waals surface area (Å²) in [6.07, 6.45) is 2.68. The molecule has 0 bridgehead atoms. The molecule has 3 rings (SSSR count). The Morgan fingerprint density at radius 2 is 1.94 bits per heavy atom. The molecule has 3 aliphatic carbocycles. The molecule has 0 saturated heterocycles. The second-order valence-corrected chi connectivity index (χ2v) is 6.38. The molecule has 0 radical (unpaired) electrons. The number of allylic oxidation sites excluding steroid dienone is 1. The van der Waals surface area contributed by atoms with Crippen molar-refractivity contribution in [1.82, 2.24) is 0 Å². The minimum atomic E-state index is -0.595. The molecule has 1 N–H and O–H groups in total. The standard InChI is InChI=1S/C15H20O3/c1-8-3-5-10(16)14-9-4-6-12(18)15(9,2)7-11(17)13(8)14/h8-9,11,17H,3-7H2,1-2H3/t8-,9+,11+,15+/m1/s1. The van der Waals surface area contributed by atoms with E-state index in [9.17, 15) is 14.7 Å². The second-order valence-electron chi connectivity index (χ2n) is 6.38. The molecule has 0 aromatic carbocycles. The Morgan fingerprint density at radius 3 is 2.67 bits per heavy atom. The average Bonchev–Trinajstić information content (AvgIpc) is 2.59. The molecular weight excluding hydrogens is 228 g/mol. The molecule has 0 spiro atoms. The van der Waals surface area contributed by atoms with Crippen molar-refractivity contribution in [1.29, 1.82) is 0 Å². The highest BCUT2D eigenvalue weighted by Crippen LogP contribution is 2.55. The number of hydrogen-bond acceptors (Lipinski definition) is 3. The van der Waals surface area contributed by atoms with Gasteiger partial charge in [0, 0.05) is 29.7 Å². The molecule has 0 amide bonds. The minimum Gasteiger partial charge on any atom is -0.389 e. The molecule has 4 atom stereocenters. The highest BCUT2D eigenvalue weighted by molar-refractivity contribution is 6.01. The third-order valence-corrected chi connectivity index (χ3v) is 5.34.